The van der Waals surface area contributed by atoms with E-state index in [-0.39, 0.29) is 31.1 Å². The Morgan fingerprint density at radius 2 is 1.85 bits per heavy atom. The van der Waals surface area contributed by atoms with Gasteiger partial charge in [-0.3, -0.25) is 9.59 Å². The molecule has 0 radical (unpaired) electrons. The van der Waals surface area contributed by atoms with E-state index in [1.165, 1.54) is 0 Å². The summed E-state index contributed by atoms with van der Waals surface area (Å²) in [6.45, 7) is 3.82. The van der Waals surface area contributed by atoms with E-state index in [1.807, 2.05) is 32.0 Å². The summed E-state index contributed by atoms with van der Waals surface area (Å²) >= 11 is 0. The first-order chi connectivity index (χ1) is 12.6. The fraction of sp³-hybridized carbons (Fsp3) is 0.300. The molecule has 0 saturated carbocycles. The summed E-state index contributed by atoms with van der Waals surface area (Å²) in [5, 5.41) is 2.88. The molecular formula is C20H21NO5. The number of hydrogen-bond acceptors (Lipinski definition) is 5. The maximum absolute atomic E-state index is 12.1. The van der Waals surface area contributed by atoms with Crippen LogP contribution in [0.25, 0.3) is 0 Å². The minimum Gasteiger partial charge on any atom is -0.484 e. The van der Waals surface area contributed by atoms with Crippen LogP contribution in [0.3, 0.4) is 0 Å². The Kier molecular flexibility index (Phi) is 5.41. The first kappa shape index (κ1) is 17.8. The SMILES string of the molecule is CCC(=O)c1ccc(OCC(=O)N[C@@H](C)c2ccc3c(c2)OCO3)cc1. The molecule has 26 heavy (non-hydrogen) atoms. The fourth-order valence-electron chi connectivity index (χ4n) is 2.64. The molecule has 0 fully saturated rings. The summed E-state index contributed by atoms with van der Waals surface area (Å²) in [4.78, 5) is 23.7. The Morgan fingerprint density at radius 1 is 1.12 bits per heavy atom. The minimum absolute atomic E-state index is 0.0758. The Balaban J connectivity index is 1.51. The Bertz CT molecular complexity index is 800. The van der Waals surface area contributed by atoms with E-state index in [1.54, 1.807) is 24.3 Å². The van der Waals surface area contributed by atoms with Crippen LogP contribution in [0.4, 0.5) is 0 Å². The summed E-state index contributed by atoms with van der Waals surface area (Å²) in [6.07, 6.45) is 0.459. The molecule has 3 rings (SSSR count). The van der Waals surface area contributed by atoms with Crippen LogP contribution in [0.5, 0.6) is 17.2 Å². The molecule has 0 aromatic heterocycles. The van der Waals surface area contributed by atoms with E-state index in [9.17, 15) is 9.59 Å². The number of ether oxygens (including phenoxy) is 3. The largest absolute Gasteiger partial charge is 0.484 e. The van der Waals surface area contributed by atoms with Crippen molar-refractivity contribution >= 4 is 11.7 Å². The normalized spacial score (nSPS) is 13.2. The van der Waals surface area contributed by atoms with Gasteiger partial charge in [0, 0.05) is 12.0 Å². The first-order valence-electron chi connectivity index (χ1n) is 8.51. The number of rotatable bonds is 7. The van der Waals surface area contributed by atoms with Crippen molar-refractivity contribution in [3.8, 4) is 17.2 Å². The Hall–Kier alpha value is -3.02. The maximum Gasteiger partial charge on any atom is 0.258 e. The van der Waals surface area contributed by atoms with Crippen LogP contribution in [0.1, 0.15) is 42.2 Å². The molecule has 1 heterocycles. The van der Waals surface area contributed by atoms with Crippen LogP contribution in [0, 0.1) is 0 Å². The van der Waals surface area contributed by atoms with Gasteiger partial charge in [0.1, 0.15) is 5.75 Å². The zero-order valence-electron chi connectivity index (χ0n) is 14.8. The van der Waals surface area contributed by atoms with E-state index < -0.39 is 0 Å². The Labute approximate surface area is 152 Å². The summed E-state index contributed by atoms with van der Waals surface area (Å²) in [5.41, 5.74) is 1.56. The number of fused-ring (bicyclic) bond motifs is 1. The standard InChI is InChI=1S/C20H21NO5/c1-3-17(22)14-4-7-16(8-5-14)24-11-20(23)21-13(2)15-6-9-18-19(10-15)26-12-25-18/h4-10,13H,3,11-12H2,1-2H3,(H,21,23)/t13-/m0/s1. The number of carbonyl (C=O) groups is 2. The average molecular weight is 355 g/mol. The van der Waals surface area contributed by atoms with Gasteiger partial charge in [0.2, 0.25) is 6.79 Å². The number of amides is 1. The van der Waals surface area contributed by atoms with Crippen LogP contribution < -0.4 is 19.5 Å². The topological polar surface area (TPSA) is 73.9 Å². The fourth-order valence-corrected chi connectivity index (χ4v) is 2.64. The molecule has 6 heteroatoms. The quantitative estimate of drug-likeness (QED) is 0.772. The molecule has 136 valence electrons. The van der Waals surface area contributed by atoms with Crippen LogP contribution in [-0.4, -0.2) is 25.1 Å². The van der Waals surface area contributed by atoms with Gasteiger partial charge in [0.15, 0.2) is 23.9 Å². The van der Waals surface area contributed by atoms with E-state index >= 15 is 0 Å². The van der Waals surface area contributed by atoms with Crippen LogP contribution >= 0.6 is 0 Å². The molecule has 1 aliphatic heterocycles. The highest BCUT2D eigenvalue weighted by molar-refractivity contribution is 5.95. The predicted molar refractivity (Wildman–Crippen MR) is 95.7 cm³/mol. The van der Waals surface area contributed by atoms with Gasteiger partial charge in [-0.15, -0.1) is 0 Å². The van der Waals surface area contributed by atoms with Crippen molar-refractivity contribution in [2.45, 2.75) is 26.3 Å². The van der Waals surface area contributed by atoms with Crippen molar-refractivity contribution in [1.29, 1.82) is 0 Å². The van der Waals surface area contributed by atoms with Crippen LogP contribution in [0.2, 0.25) is 0 Å². The van der Waals surface area contributed by atoms with Crippen LogP contribution in [0.15, 0.2) is 42.5 Å². The predicted octanol–water partition coefficient (Wildman–Crippen LogP) is 3.26. The highest BCUT2D eigenvalue weighted by Gasteiger charge is 2.17. The average Bonchev–Trinajstić information content (AvgIpc) is 3.14. The number of hydrogen-bond donors (Lipinski definition) is 1. The smallest absolute Gasteiger partial charge is 0.258 e. The molecule has 0 bridgehead atoms. The lowest BCUT2D eigenvalue weighted by atomic mass is 10.1. The lowest BCUT2D eigenvalue weighted by Crippen LogP contribution is -2.31. The second kappa shape index (κ2) is 7.91. The second-order valence-electron chi connectivity index (χ2n) is 5.99. The molecule has 0 aliphatic carbocycles. The van der Waals surface area contributed by atoms with Gasteiger partial charge in [0.05, 0.1) is 6.04 Å². The minimum atomic E-state index is -0.233. The molecule has 0 saturated heterocycles. The lowest BCUT2D eigenvalue weighted by molar-refractivity contribution is -0.123. The number of benzene rings is 2. The van der Waals surface area contributed by atoms with Gasteiger partial charge in [-0.2, -0.15) is 0 Å². The summed E-state index contributed by atoms with van der Waals surface area (Å²) in [7, 11) is 0. The molecule has 6 nitrogen and oxygen atoms in total. The van der Waals surface area contributed by atoms with Gasteiger partial charge in [-0.1, -0.05) is 13.0 Å². The Morgan fingerprint density at radius 3 is 2.58 bits per heavy atom. The van der Waals surface area contributed by atoms with Crippen molar-refractivity contribution in [2.24, 2.45) is 0 Å². The second-order valence-corrected chi connectivity index (χ2v) is 5.99. The van der Waals surface area contributed by atoms with E-state index in [0.29, 0.717) is 29.2 Å². The third-order valence-corrected chi connectivity index (χ3v) is 4.14. The van der Waals surface area contributed by atoms with Crippen LogP contribution in [-0.2, 0) is 4.79 Å². The van der Waals surface area contributed by atoms with Crippen molar-refractivity contribution in [2.75, 3.05) is 13.4 Å². The molecule has 0 spiro atoms. The number of ketones is 1. The van der Waals surface area contributed by atoms with Crippen molar-refractivity contribution in [3.63, 3.8) is 0 Å². The summed E-state index contributed by atoms with van der Waals surface area (Å²) in [5.74, 6) is 1.78. The molecule has 2 aromatic carbocycles. The molecule has 1 atom stereocenters. The van der Waals surface area contributed by atoms with E-state index in [4.69, 9.17) is 14.2 Å². The molecule has 0 unspecified atom stereocenters. The van der Waals surface area contributed by atoms with Gasteiger partial charge < -0.3 is 19.5 Å². The van der Waals surface area contributed by atoms with Gasteiger partial charge in [-0.25, -0.2) is 0 Å². The highest BCUT2D eigenvalue weighted by Crippen LogP contribution is 2.34. The maximum atomic E-state index is 12.1. The molecule has 2 aromatic rings. The van der Waals surface area contributed by atoms with Gasteiger partial charge in [-0.05, 0) is 48.9 Å². The van der Waals surface area contributed by atoms with Gasteiger partial charge in [0.25, 0.3) is 5.91 Å². The monoisotopic (exact) mass is 355 g/mol. The molecule has 1 amide bonds. The zero-order valence-corrected chi connectivity index (χ0v) is 14.8. The number of nitrogens with one attached hydrogen (secondary N) is 1. The third kappa shape index (κ3) is 4.14. The highest BCUT2D eigenvalue weighted by atomic mass is 16.7. The third-order valence-electron chi connectivity index (χ3n) is 4.14. The summed E-state index contributed by atoms with van der Waals surface area (Å²) in [6, 6.07) is 12.2. The summed E-state index contributed by atoms with van der Waals surface area (Å²) < 4.78 is 16.1. The number of carbonyl (C=O) groups excluding carboxylic acids is 2. The van der Waals surface area contributed by atoms with E-state index in [0.717, 1.165) is 5.56 Å². The van der Waals surface area contributed by atoms with Crippen molar-refractivity contribution in [1.82, 2.24) is 5.32 Å². The number of Topliss-reactive ketones (excluding diaryl/α,β-unsaturated/α-hetero) is 1. The van der Waals surface area contributed by atoms with Crippen molar-refractivity contribution < 1.29 is 23.8 Å². The molecule has 1 aliphatic rings. The molecule has 1 N–H and O–H groups in total. The van der Waals surface area contributed by atoms with Crippen molar-refractivity contribution in [3.05, 3.63) is 53.6 Å². The molecular weight excluding hydrogens is 334 g/mol. The van der Waals surface area contributed by atoms with Gasteiger partial charge >= 0.3 is 0 Å². The van der Waals surface area contributed by atoms with E-state index in [2.05, 4.69) is 5.32 Å². The first-order valence-corrected chi connectivity index (χ1v) is 8.51. The lowest BCUT2D eigenvalue weighted by Gasteiger charge is -2.15. The zero-order chi connectivity index (χ0) is 18.5.